The van der Waals surface area contributed by atoms with Crippen molar-refractivity contribution in [1.82, 2.24) is 15.2 Å². The van der Waals surface area contributed by atoms with Gasteiger partial charge in [0.05, 0.1) is 17.6 Å². The van der Waals surface area contributed by atoms with Gasteiger partial charge in [-0.1, -0.05) is 75.4 Å². The van der Waals surface area contributed by atoms with Crippen molar-refractivity contribution >= 4 is 17.8 Å². The van der Waals surface area contributed by atoms with E-state index in [1.165, 1.54) is 7.05 Å². The van der Waals surface area contributed by atoms with Gasteiger partial charge in [-0.25, -0.2) is 0 Å². The Hall–Kier alpha value is -5.16. The highest BCUT2D eigenvalue weighted by Crippen LogP contribution is 2.27. The predicted molar refractivity (Wildman–Crippen MR) is 165 cm³/mol. The number of ether oxygens (including phenoxy) is 1. The van der Waals surface area contributed by atoms with Crippen LogP contribution in [0.15, 0.2) is 97.3 Å². The lowest BCUT2D eigenvalue weighted by molar-refractivity contribution is -0.148. The van der Waals surface area contributed by atoms with Crippen LogP contribution < -0.4 is 10.6 Å². The third-order valence-corrected chi connectivity index (χ3v) is 7.21. The fourth-order valence-corrected chi connectivity index (χ4v) is 4.73. The highest BCUT2D eigenvalue weighted by atomic mass is 16.5. The number of nitrogens with zero attached hydrogens (tertiary/aromatic N) is 2. The standard InChI is InChI=1S/C35H36N4O4/c1-35(2,3)32(33(41)37-4)38-31(40)20-30(34(42)43-23-25-8-6-5-7-9-25)28-18-19-39(22-28)29-16-14-27(15-17-29)26-12-10-24(21-36)11-13-26/h5-19,22,30,32H,20,23H2,1-4H3,(H,37,41)(H,38,40)/t30-,32?/m0/s1. The molecule has 8 heteroatoms. The number of nitrogens with one attached hydrogen (secondary N) is 2. The number of esters is 1. The molecular formula is C35H36N4O4. The molecule has 0 bridgehead atoms. The van der Waals surface area contributed by atoms with Gasteiger partial charge in [-0.15, -0.1) is 0 Å². The Kier molecular flexibility index (Phi) is 9.79. The van der Waals surface area contributed by atoms with Gasteiger partial charge < -0.3 is 19.9 Å². The molecule has 0 saturated heterocycles. The molecule has 0 aliphatic heterocycles. The molecule has 2 amide bonds. The molecule has 1 unspecified atom stereocenters. The number of benzene rings is 3. The average Bonchev–Trinajstić information content (AvgIpc) is 3.51. The quantitative estimate of drug-likeness (QED) is 0.242. The first kappa shape index (κ1) is 30.8. The number of likely N-dealkylation sites (N-methyl/N-ethyl adjacent to an activating group) is 1. The molecule has 4 aromatic rings. The van der Waals surface area contributed by atoms with Gasteiger partial charge in [0, 0.05) is 31.5 Å². The lowest BCUT2D eigenvalue weighted by Crippen LogP contribution is -2.53. The Morgan fingerprint density at radius 3 is 2.12 bits per heavy atom. The summed E-state index contributed by atoms with van der Waals surface area (Å²) in [6.07, 6.45) is 3.47. The monoisotopic (exact) mass is 576 g/mol. The molecule has 0 fully saturated rings. The minimum absolute atomic E-state index is 0.0815. The zero-order valence-corrected chi connectivity index (χ0v) is 24.8. The largest absolute Gasteiger partial charge is 0.460 e. The summed E-state index contributed by atoms with van der Waals surface area (Å²) in [5, 5.41) is 14.5. The van der Waals surface area contributed by atoms with Crippen LogP contribution in [0.25, 0.3) is 16.8 Å². The van der Waals surface area contributed by atoms with E-state index in [9.17, 15) is 14.4 Å². The van der Waals surface area contributed by atoms with E-state index in [2.05, 4.69) is 16.7 Å². The minimum Gasteiger partial charge on any atom is -0.460 e. The SMILES string of the molecule is CNC(=O)C(NC(=O)C[C@H](C(=O)OCc1ccccc1)c1ccn(-c2ccc(-c3ccc(C#N)cc3)cc2)c1)C(C)(C)C. The fraction of sp³-hybridized carbons (Fsp3) is 0.257. The van der Waals surface area contributed by atoms with Crippen LogP contribution in [0.3, 0.4) is 0 Å². The van der Waals surface area contributed by atoms with Gasteiger partial charge >= 0.3 is 5.97 Å². The summed E-state index contributed by atoms with van der Waals surface area (Å²) in [6, 6.07) is 27.8. The maximum absolute atomic E-state index is 13.4. The third-order valence-electron chi connectivity index (χ3n) is 7.21. The molecular weight excluding hydrogens is 540 g/mol. The van der Waals surface area contributed by atoms with Crippen molar-refractivity contribution < 1.29 is 19.1 Å². The molecule has 4 rings (SSSR count). The Balaban J connectivity index is 1.55. The highest BCUT2D eigenvalue weighted by molar-refractivity contribution is 5.91. The van der Waals surface area contributed by atoms with Crippen molar-refractivity contribution in [2.45, 2.75) is 45.8 Å². The van der Waals surface area contributed by atoms with Crippen molar-refractivity contribution in [3.8, 4) is 22.9 Å². The highest BCUT2D eigenvalue weighted by Gasteiger charge is 2.34. The lowest BCUT2D eigenvalue weighted by Gasteiger charge is -2.30. The molecule has 1 heterocycles. The number of hydrogen-bond acceptors (Lipinski definition) is 5. The minimum atomic E-state index is -0.881. The third kappa shape index (κ3) is 7.98. The van der Waals surface area contributed by atoms with Gasteiger partial charge in [-0.3, -0.25) is 14.4 Å². The van der Waals surface area contributed by atoms with Gasteiger partial charge in [0.15, 0.2) is 0 Å². The number of carbonyl (C=O) groups is 3. The average molecular weight is 577 g/mol. The molecule has 0 radical (unpaired) electrons. The number of aromatic nitrogens is 1. The second-order valence-corrected chi connectivity index (χ2v) is 11.4. The summed E-state index contributed by atoms with van der Waals surface area (Å²) in [7, 11) is 1.52. The van der Waals surface area contributed by atoms with Gasteiger partial charge in [0.1, 0.15) is 12.6 Å². The first-order chi connectivity index (χ1) is 20.6. The molecule has 43 heavy (non-hydrogen) atoms. The molecule has 0 spiro atoms. The van der Waals surface area contributed by atoms with Gasteiger partial charge in [0.25, 0.3) is 0 Å². The number of carbonyl (C=O) groups excluding carboxylic acids is 3. The number of hydrogen-bond donors (Lipinski definition) is 2. The van der Waals surface area contributed by atoms with Crippen LogP contribution in [-0.4, -0.2) is 35.4 Å². The first-order valence-electron chi connectivity index (χ1n) is 14.1. The molecule has 0 aliphatic rings. The van der Waals surface area contributed by atoms with E-state index in [0.717, 1.165) is 22.4 Å². The normalized spacial score (nSPS) is 12.4. The summed E-state index contributed by atoms with van der Waals surface area (Å²) in [6.45, 7) is 5.68. The molecule has 2 N–H and O–H groups in total. The molecule has 2 atom stereocenters. The van der Waals surface area contributed by atoms with Crippen LogP contribution in [0.2, 0.25) is 0 Å². The van der Waals surface area contributed by atoms with Crippen molar-refractivity contribution in [2.75, 3.05) is 7.05 Å². The predicted octanol–water partition coefficient (Wildman–Crippen LogP) is 5.51. The van der Waals surface area contributed by atoms with E-state index in [1.54, 1.807) is 18.2 Å². The van der Waals surface area contributed by atoms with Crippen molar-refractivity contribution in [2.24, 2.45) is 5.41 Å². The van der Waals surface area contributed by atoms with Crippen LogP contribution in [0.1, 0.15) is 49.8 Å². The Morgan fingerprint density at radius 1 is 0.907 bits per heavy atom. The smallest absolute Gasteiger partial charge is 0.314 e. The first-order valence-corrected chi connectivity index (χ1v) is 14.1. The summed E-state index contributed by atoms with van der Waals surface area (Å²) < 4.78 is 7.54. The lowest BCUT2D eigenvalue weighted by atomic mass is 9.85. The Bertz CT molecular complexity index is 1590. The maximum Gasteiger partial charge on any atom is 0.314 e. The van der Waals surface area contributed by atoms with E-state index in [4.69, 9.17) is 10.00 Å². The van der Waals surface area contributed by atoms with E-state index < -0.39 is 29.3 Å². The zero-order valence-electron chi connectivity index (χ0n) is 24.8. The Morgan fingerprint density at radius 2 is 1.53 bits per heavy atom. The maximum atomic E-state index is 13.4. The number of nitriles is 1. The second-order valence-electron chi connectivity index (χ2n) is 11.4. The summed E-state index contributed by atoms with van der Waals surface area (Å²) in [4.78, 5) is 39.2. The zero-order chi connectivity index (χ0) is 31.0. The Labute approximate surface area is 252 Å². The molecule has 220 valence electrons. The van der Waals surface area contributed by atoms with Gasteiger partial charge in [0.2, 0.25) is 11.8 Å². The van der Waals surface area contributed by atoms with Crippen molar-refractivity contribution in [1.29, 1.82) is 5.26 Å². The molecule has 8 nitrogen and oxygen atoms in total. The molecule has 3 aromatic carbocycles. The number of amides is 2. The van der Waals surface area contributed by atoms with E-state index in [1.807, 2.05) is 104 Å². The topological polar surface area (TPSA) is 113 Å². The van der Waals surface area contributed by atoms with E-state index in [0.29, 0.717) is 11.1 Å². The van der Waals surface area contributed by atoms with E-state index >= 15 is 0 Å². The van der Waals surface area contributed by atoms with Crippen LogP contribution in [0.5, 0.6) is 0 Å². The molecule has 0 saturated carbocycles. The van der Waals surface area contributed by atoms with Crippen molar-refractivity contribution in [3.63, 3.8) is 0 Å². The van der Waals surface area contributed by atoms with Crippen LogP contribution in [0.4, 0.5) is 0 Å². The summed E-state index contributed by atoms with van der Waals surface area (Å²) in [5.74, 6) is -2.14. The molecule has 1 aromatic heterocycles. The van der Waals surface area contributed by atoms with Crippen molar-refractivity contribution in [3.05, 3.63) is 114 Å². The van der Waals surface area contributed by atoms with E-state index in [-0.39, 0.29) is 18.9 Å². The molecule has 0 aliphatic carbocycles. The summed E-state index contributed by atoms with van der Waals surface area (Å²) >= 11 is 0. The van der Waals surface area contributed by atoms with Crippen LogP contribution in [0, 0.1) is 16.7 Å². The van der Waals surface area contributed by atoms with Gasteiger partial charge in [-0.05, 0) is 58.0 Å². The van der Waals surface area contributed by atoms with Gasteiger partial charge in [-0.2, -0.15) is 5.26 Å². The fourth-order valence-electron chi connectivity index (χ4n) is 4.73. The van der Waals surface area contributed by atoms with Crippen LogP contribution >= 0.6 is 0 Å². The summed E-state index contributed by atoms with van der Waals surface area (Å²) in [5.41, 5.74) is 4.40. The second kappa shape index (κ2) is 13.7. The number of rotatable bonds is 10. The van der Waals surface area contributed by atoms with Crippen LogP contribution in [-0.2, 0) is 25.7 Å².